The predicted molar refractivity (Wildman–Crippen MR) is 89.4 cm³/mol. The Labute approximate surface area is 134 Å². The number of nitrogens with two attached hydrogens (primary N) is 1. The van der Waals surface area contributed by atoms with Crippen molar-refractivity contribution in [2.24, 2.45) is 45.4 Å². The molecule has 3 N–H and O–H groups in total. The zero-order valence-electron chi connectivity index (χ0n) is 14.2. The average molecular weight is 304 g/mol. The van der Waals surface area contributed by atoms with Crippen molar-refractivity contribution in [2.45, 2.75) is 77.7 Å². The Morgan fingerprint density at radius 3 is 2.55 bits per heavy atom. The van der Waals surface area contributed by atoms with Gasteiger partial charge in [0.05, 0.1) is 6.10 Å². The number of nitrogens with zero attached hydrogens (tertiary/aromatic N) is 1. The topological polar surface area (TPSA) is 58.6 Å². The van der Waals surface area contributed by atoms with Crippen LogP contribution in [0, 0.1) is 34.5 Å². The van der Waals surface area contributed by atoms with Gasteiger partial charge in [0.25, 0.3) is 0 Å². The van der Waals surface area contributed by atoms with E-state index in [1.165, 1.54) is 44.2 Å². The summed E-state index contributed by atoms with van der Waals surface area (Å²) in [6.45, 7) is 4.94. The monoisotopic (exact) mass is 304 g/mol. The van der Waals surface area contributed by atoms with Crippen molar-refractivity contribution < 1.29 is 5.11 Å². The van der Waals surface area contributed by atoms with Crippen molar-refractivity contribution in [1.29, 1.82) is 0 Å². The van der Waals surface area contributed by atoms with E-state index in [-0.39, 0.29) is 11.5 Å². The highest BCUT2D eigenvalue weighted by atomic mass is 16.3. The molecule has 124 valence electrons. The van der Waals surface area contributed by atoms with Crippen LogP contribution in [-0.2, 0) is 0 Å². The predicted octanol–water partition coefficient (Wildman–Crippen LogP) is 3.70. The maximum absolute atomic E-state index is 10.5. The van der Waals surface area contributed by atoms with Crippen LogP contribution in [0.4, 0.5) is 0 Å². The largest absolute Gasteiger partial charge is 0.393 e. The summed E-state index contributed by atoms with van der Waals surface area (Å²) in [5.74, 6) is 8.85. The minimum absolute atomic E-state index is 0.0497. The molecule has 0 aromatic rings. The number of hydrogen-bond donors (Lipinski definition) is 2. The molecule has 4 rings (SSSR count). The Morgan fingerprint density at radius 1 is 1.00 bits per heavy atom. The molecular formula is C19H32N2O. The molecule has 0 heterocycles. The summed E-state index contributed by atoms with van der Waals surface area (Å²) >= 11 is 0. The zero-order chi connectivity index (χ0) is 15.5. The standard InChI is InChI=1S/C19H32N2O/c1-18-9-7-13(21-20)11-12(18)3-4-14-15-5-6-17(22)19(15,2)10-8-16(14)18/h12,14-17,22H,3-11,20H2,1-2H3/b21-13-. The van der Waals surface area contributed by atoms with Crippen molar-refractivity contribution in [3.8, 4) is 0 Å². The smallest absolute Gasteiger partial charge is 0.0596 e. The maximum atomic E-state index is 10.5. The van der Waals surface area contributed by atoms with E-state index in [1.54, 1.807) is 0 Å². The van der Waals surface area contributed by atoms with Crippen LogP contribution < -0.4 is 5.84 Å². The number of aliphatic hydroxyl groups excluding tert-OH is 1. The van der Waals surface area contributed by atoms with Crippen LogP contribution in [0.2, 0.25) is 0 Å². The van der Waals surface area contributed by atoms with Gasteiger partial charge in [-0.15, -0.1) is 0 Å². The van der Waals surface area contributed by atoms with E-state index >= 15 is 0 Å². The highest BCUT2D eigenvalue weighted by Crippen LogP contribution is 2.65. The molecule has 22 heavy (non-hydrogen) atoms. The minimum atomic E-state index is -0.0497. The second kappa shape index (κ2) is 4.96. The molecule has 0 aromatic carbocycles. The maximum Gasteiger partial charge on any atom is 0.0596 e. The second-order valence-electron chi connectivity index (χ2n) is 9.19. The van der Waals surface area contributed by atoms with Crippen molar-refractivity contribution in [2.75, 3.05) is 0 Å². The van der Waals surface area contributed by atoms with Gasteiger partial charge in [-0.1, -0.05) is 13.8 Å². The van der Waals surface area contributed by atoms with Crippen LogP contribution in [0.1, 0.15) is 71.6 Å². The molecule has 7 unspecified atom stereocenters. The summed E-state index contributed by atoms with van der Waals surface area (Å²) in [4.78, 5) is 0. The first-order valence-corrected chi connectivity index (χ1v) is 9.43. The summed E-state index contributed by atoms with van der Waals surface area (Å²) in [6.07, 6.45) is 11.1. The van der Waals surface area contributed by atoms with Gasteiger partial charge in [0.15, 0.2) is 0 Å². The van der Waals surface area contributed by atoms with E-state index in [0.717, 1.165) is 42.9 Å². The average Bonchev–Trinajstić information content (AvgIpc) is 2.82. The van der Waals surface area contributed by atoms with Gasteiger partial charge in [0.1, 0.15) is 0 Å². The first kappa shape index (κ1) is 15.0. The highest BCUT2D eigenvalue weighted by molar-refractivity contribution is 5.85. The molecule has 0 bridgehead atoms. The first-order valence-electron chi connectivity index (χ1n) is 9.43. The van der Waals surface area contributed by atoms with Crippen molar-refractivity contribution in [3.05, 3.63) is 0 Å². The van der Waals surface area contributed by atoms with E-state index in [4.69, 9.17) is 5.84 Å². The van der Waals surface area contributed by atoms with Crippen molar-refractivity contribution in [3.63, 3.8) is 0 Å². The Morgan fingerprint density at radius 2 is 1.77 bits per heavy atom. The van der Waals surface area contributed by atoms with Crippen LogP contribution in [0.25, 0.3) is 0 Å². The molecule has 3 heteroatoms. The third-order valence-electron chi connectivity index (χ3n) is 8.63. The summed E-state index contributed by atoms with van der Waals surface area (Å²) in [6, 6.07) is 0. The SMILES string of the molecule is CC12CCC3C(CCC4C/C(=N\N)CCC43C)C1CCC2O. The molecule has 7 atom stereocenters. The summed E-state index contributed by atoms with van der Waals surface area (Å²) < 4.78 is 0. The number of hydrogen-bond acceptors (Lipinski definition) is 3. The van der Waals surface area contributed by atoms with Gasteiger partial charge in [-0.05, 0) is 92.3 Å². The van der Waals surface area contributed by atoms with Crippen molar-refractivity contribution in [1.82, 2.24) is 0 Å². The Balaban J connectivity index is 1.62. The lowest BCUT2D eigenvalue weighted by molar-refractivity contribution is -0.112. The van der Waals surface area contributed by atoms with Crippen LogP contribution in [0.3, 0.4) is 0 Å². The lowest BCUT2D eigenvalue weighted by Gasteiger charge is -2.60. The fourth-order valence-electron chi connectivity index (χ4n) is 7.15. The van der Waals surface area contributed by atoms with E-state index in [0.29, 0.717) is 5.41 Å². The minimum Gasteiger partial charge on any atom is -0.393 e. The van der Waals surface area contributed by atoms with Crippen LogP contribution in [0.5, 0.6) is 0 Å². The highest BCUT2D eigenvalue weighted by Gasteiger charge is 2.59. The van der Waals surface area contributed by atoms with E-state index in [2.05, 4.69) is 18.9 Å². The van der Waals surface area contributed by atoms with Gasteiger partial charge in [-0.3, -0.25) is 0 Å². The molecule has 4 saturated carbocycles. The molecule has 0 spiro atoms. The molecular weight excluding hydrogens is 272 g/mol. The molecule has 4 aliphatic carbocycles. The lowest BCUT2D eigenvalue weighted by atomic mass is 9.45. The molecule has 0 amide bonds. The zero-order valence-corrected chi connectivity index (χ0v) is 14.2. The van der Waals surface area contributed by atoms with E-state index < -0.39 is 0 Å². The fraction of sp³-hybridized carbons (Fsp3) is 0.947. The van der Waals surface area contributed by atoms with Gasteiger partial charge in [-0.2, -0.15) is 5.10 Å². The first-order chi connectivity index (χ1) is 10.5. The Kier molecular flexibility index (Phi) is 3.38. The van der Waals surface area contributed by atoms with Gasteiger partial charge < -0.3 is 10.9 Å². The molecule has 4 aliphatic rings. The van der Waals surface area contributed by atoms with Gasteiger partial charge in [0, 0.05) is 5.71 Å². The normalized spacial score (nSPS) is 56.3. The van der Waals surface area contributed by atoms with E-state index in [9.17, 15) is 5.11 Å². The van der Waals surface area contributed by atoms with Gasteiger partial charge >= 0.3 is 0 Å². The number of fused-ring (bicyclic) bond motifs is 5. The molecule has 3 nitrogen and oxygen atoms in total. The van der Waals surface area contributed by atoms with Crippen LogP contribution in [0.15, 0.2) is 5.10 Å². The van der Waals surface area contributed by atoms with Gasteiger partial charge in [-0.25, -0.2) is 0 Å². The Hall–Kier alpha value is -0.570. The Bertz CT molecular complexity index is 490. The molecule has 0 radical (unpaired) electrons. The summed E-state index contributed by atoms with van der Waals surface area (Å²) in [5.41, 5.74) is 1.95. The fourth-order valence-corrected chi connectivity index (χ4v) is 7.15. The molecule has 0 aromatic heterocycles. The number of rotatable bonds is 0. The third-order valence-corrected chi connectivity index (χ3v) is 8.63. The lowest BCUT2D eigenvalue weighted by Crippen LogP contribution is -2.54. The van der Waals surface area contributed by atoms with Gasteiger partial charge in [0.2, 0.25) is 0 Å². The number of aliphatic hydroxyl groups is 1. The number of hydrazone groups is 1. The quantitative estimate of drug-likeness (QED) is 0.529. The van der Waals surface area contributed by atoms with Crippen LogP contribution in [-0.4, -0.2) is 16.9 Å². The van der Waals surface area contributed by atoms with Crippen LogP contribution >= 0.6 is 0 Å². The van der Waals surface area contributed by atoms with Crippen molar-refractivity contribution >= 4 is 5.71 Å². The summed E-state index contributed by atoms with van der Waals surface area (Å²) in [5, 5.41) is 14.5. The second-order valence-corrected chi connectivity index (χ2v) is 9.19. The third kappa shape index (κ3) is 1.87. The molecule has 0 aliphatic heterocycles. The van der Waals surface area contributed by atoms with E-state index in [1.807, 2.05) is 0 Å². The molecule has 4 fully saturated rings. The molecule has 0 saturated heterocycles. The summed E-state index contributed by atoms with van der Waals surface area (Å²) in [7, 11) is 0.